The maximum atomic E-state index is 12.4. The number of hydrogen-bond donors (Lipinski definition) is 6. The van der Waals surface area contributed by atoms with Crippen molar-refractivity contribution in [2.24, 2.45) is 32.9 Å². The Morgan fingerprint density at radius 2 is 2.05 bits per heavy atom. The van der Waals surface area contributed by atoms with E-state index < -0.39 is 18.1 Å². The SMILES string of the molecule is NC(=O)NNC(C(=O)C1=NCCC1)[C@@H](N)CCCN=C(N)N. The second-order valence-corrected chi connectivity index (χ2v) is 5.02. The highest BCUT2D eigenvalue weighted by atomic mass is 16.2. The molecule has 10 heteroatoms. The molecule has 1 rings (SSSR count). The van der Waals surface area contributed by atoms with Gasteiger partial charge in [0, 0.05) is 19.1 Å². The van der Waals surface area contributed by atoms with Crippen molar-refractivity contribution in [1.82, 2.24) is 10.9 Å². The third-order valence-electron chi connectivity index (χ3n) is 3.21. The van der Waals surface area contributed by atoms with E-state index in [0.717, 1.165) is 6.42 Å². The number of primary amides is 1. The van der Waals surface area contributed by atoms with Gasteiger partial charge in [-0.2, -0.15) is 0 Å². The van der Waals surface area contributed by atoms with Crippen LogP contribution in [-0.2, 0) is 4.79 Å². The summed E-state index contributed by atoms with van der Waals surface area (Å²) in [6.07, 6.45) is 2.56. The topological polar surface area (TPSA) is 187 Å². The number of carbonyl (C=O) groups is 2. The van der Waals surface area contributed by atoms with Gasteiger partial charge in [0.15, 0.2) is 11.7 Å². The fourth-order valence-electron chi connectivity index (χ4n) is 2.14. The standard InChI is InChI=1S/C12H24N8O2/c13-7(3-1-6-18-11(14)15)9(19-20-12(16)22)10(21)8-4-2-5-17-8/h7,9,19H,1-6,13H2,(H4,14,15,18)(H3,16,20,22)/t7-,9?/m0/s1. The Hall–Kier alpha value is -2.20. The number of nitrogens with two attached hydrogens (primary N) is 4. The van der Waals surface area contributed by atoms with Gasteiger partial charge in [-0.3, -0.25) is 20.2 Å². The molecule has 10 nitrogen and oxygen atoms in total. The van der Waals surface area contributed by atoms with Crippen LogP contribution in [-0.4, -0.2) is 48.7 Å². The van der Waals surface area contributed by atoms with Gasteiger partial charge < -0.3 is 22.9 Å². The molecule has 124 valence electrons. The van der Waals surface area contributed by atoms with Crippen LogP contribution in [0.5, 0.6) is 0 Å². The lowest BCUT2D eigenvalue weighted by molar-refractivity contribution is -0.115. The number of amides is 2. The number of nitrogens with zero attached hydrogens (tertiary/aromatic N) is 2. The van der Waals surface area contributed by atoms with Gasteiger partial charge in [0.05, 0.1) is 5.71 Å². The lowest BCUT2D eigenvalue weighted by Crippen LogP contribution is -2.58. The van der Waals surface area contributed by atoms with Crippen molar-refractivity contribution in [3.63, 3.8) is 0 Å². The number of aliphatic imine (C=N–C) groups is 2. The highest BCUT2D eigenvalue weighted by Gasteiger charge is 2.29. The smallest absolute Gasteiger partial charge is 0.326 e. The molecule has 1 heterocycles. The first kappa shape index (κ1) is 17.9. The predicted octanol–water partition coefficient (Wildman–Crippen LogP) is -2.29. The molecule has 0 spiro atoms. The highest BCUT2D eigenvalue weighted by molar-refractivity contribution is 6.42. The number of ketones is 1. The minimum atomic E-state index is -0.793. The molecular formula is C12H24N8O2. The zero-order valence-corrected chi connectivity index (χ0v) is 12.4. The van der Waals surface area contributed by atoms with E-state index in [-0.39, 0.29) is 11.7 Å². The number of Topliss-reactive ketones (excluding diaryl/α,β-unsaturated/α-hetero) is 1. The summed E-state index contributed by atoms with van der Waals surface area (Å²) in [6, 6.07) is -2.11. The van der Waals surface area contributed by atoms with Gasteiger partial charge in [0.2, 0.25) is 0 Å². The Kier molecular flexibility index (Phi) is 7.26. The van der Waals surface area contributed by atoms with Gasteiger partial charge in [0.25, 0.3) is 0 Å². The number of nitrogens with one attached hydrogen (secondary N) is 2. The highest BCUT2D eigenvalue weighted by Crippen LogP contribution is 2.10. The summed E-state index contributed by atoms with van der Waals surface area (Å²) < 4.78 is 0. The van der Waals surface area contributed by atoms with Crippen LogP contribution in [0.1, 0.15) is 25.7 Å². The monoisotopic (exact) mass is 312 g/mol. The molecule has 1 aliphatic heterocycles. The third-order valence-corrected chi connectivity index (χ3v) is 3.21. The largest absolute Gasteiger partial charge is 0.370 e. The molecule has 0 aromatic carbocycles. The van der Waals surface area contributed by atoms with Crippen molar-refractivity contribution >= 4 is 23.5 Å². The van der Waals surface area contributed by atoms with Gasteiger partial charge in [-0.1, -0.05) is 0 Å². The fourth-order valence-corrected chi connectivity index (χ4v) is 2.14. The number of hydrogen-bond acceptors (Lipinski definition) is 6. The molecule has 0 aromatic heterocycles. The average molecular weight is 312 g/mol. The van der Waals surface area contributed by atoms with Crippen LogP contribution in [0.4, 0.5) is 4.79 Å². The Morgan fingerprint density at radius 1 is 1.32 bits per heavy atom. The van der Waals surface area contributed by atoms with Crippen molar-refractivity contribution < 1.29 is 9.59 Å². The van der Waals surface area contributed by atoms with Crippen LogP contribution < -0.4 is 33.8 Å². The van der Waals surface area contributed by atoms with Crippen molar-refractivity contribution in [2.75, 3.05) is 13.1 Å². The second-order valence-electron chi connectivity index (χ2n) is 5.02. The molecule has 1 aliphatic rings. The van der Waals surface area contributed by atoms with Crippen molar-refractivity contribution in [2.45, 2.75) is 37.8 Å². The Bertz CT molecular complexity index is 458. The second kappa shape index (κ2) is 8.95. The molecule has 0 radical (unpaired) electrons. The van der Waals surface area contributed by atoms with E-state index in [1.165, 1.54) is 0 Å². The summed E-state index contributed by atoms with van der Waals surface area (Å²) in [5.41, 5.74) is 26.8. The normalized spacial score (nSPS) is 16.5. The summed E-state index contributed by atoms with van der Waals surface area (Å²) in [7, 11) is 0. The fraction of sp³-hybridized carbons (Fsp3) is 0.667. The Balaban J connectivity index is 2.61. The van der Waals surface area contributed by atoms with E-state index >= 15 is 0 Å². The van der Waals surface area contributed by atoms with Gasteiger partial charge >= 0.3 is 6.03 Å². The average Bonchev–Trinajstić information content (AvgIpc) is 2.97. The summed E-state index contributed by atoms with van der Waals surface area (Å²) in [5, 5.41) is 0. The predicted molar refractivity (Wildman–Crippen MR) is 84.1 cm³/mol. The molecule has 22 heavy (non-hydrogen) atoms. The maximum Gasteiger partial charge on any atom is 0.326 e. The van der Waals surface area contributed by atoms with E-state index in [1.54, 1.807) is 0 Å². The minimum absolute atomic E-state index is 0.00929. The van der Waals surface area contributed by atoms with Crippen molar-refractivity contribution in [3.05, 3.63) is 0 Å². The molecule has 0 saturated carbocycles. The Morgan fingerprint density at radius 3 is 2.59 bits per heavy atom. The van der Waals surface area contributed by atoms with Gasteiger partial charge in [0.1, 0.15) is 6.04 Å². The third kappa shape index (κ3) is 6.06. The van der Waals surface area contributed by atoms with E-state index in [4.69, 9.17) is 22.9 Å². The molecule has 2 amide bonds. The molecule has 10 N–H and O–H groups in total. The number of guanidine groups is 1. The molecule has 0 aromatic rings. The quantitative estimate of drug-likeness (QED) is 0.120. The summed E-state index contributed by atoms with van der Waals surface area (Å²) >= 11 is 0. The maximum absolute atomic E-state index is 12.4. The van der Waals surface area contributed by atoms with Crippen LogP contribution in [0.15, 0.2) is 9.98 Å². The zero-order valence-electron chi connectivity index (χ0n) is 12.4. The number of urea groups is 1. The van der Waals surface area contributed by atoms with Gasteiger partial charge in [-0.15, -0.1) is 0 Å². The van der Waals surface area contributed by atoms with Crippen LogP contribution in [0.25, 0.3) is 0 Å². The number of rotatable bonds is 9. The van der Waals surface area contributed by atoms with E-state index in [1.807, 2.05) is 0 Å². The first-order chi connectivity index (χ1) is 10.4. The van der Waals surface area contributed by atoms with Crippen LogP contribution in [0.3, 0.4) is 0 Å². The van der Waals surface area contributed by atoms with Gasteiger partial charge in [-0.05, 0) is 25.7 Å². The van der Waals surface area contributed by atoms with E-state index in [2.05, 4.69) is 20.8 Å². The van der Waals surface area contributed by atoms with Crippen LogP contribution in [0.2, 0.25) is 0 Å². The van der Waals surface area contributed by atoms with Gasteiger partial charge in [-0.25, -0.2) is 10.2 Å². The molecule has 1 unspecified atom stereocenters. The van der Waals surface area contributed by atoms with Crippen molar-refractivity contribution in [3.8, 4) is 0 Å². The summed E-state index contributed by atoms with van der Waals surface area (Å²) in [4.78, 5) is 31.2. The summed E-state index contributed by atoms with van der Waals surface area (Å²) in [6.45, 7) is 1.05. The first-order valence-corrected chi connectivity index (χ1v) is 7.11. The Labute approximate surface area is 128 Å². The van der Waals surface area contributed by atoms with E-state index in [0.29, 0.717) is 38.1 Å². The number of hydrazine groups is 1. The van der Waals surface area contributed by atoms with Crippen LogP contribution >= 0.6 is 0 Å². The lowest BCUT2D eigenvalue weighted by atomic mass is 9.96. The molecule has 0 bridgehead atoms. The molecule has 0 fully saturated rings. The molecule has 0 saturated heterocycles. The minimum Gasteiger partial charge on any atom is -0.370 e. The number of carbonyl (C=O) groups excluding carboxylic acids is 2. The first-order valence-electron chi connectivity index (χ1n) is 7.11. The van der Waals surface area contributed by atoms with Crippen molar-refractivity contribution in [1.29, 1.82) is 0 Å². The zero-order chi connectivity index (χ0) is 16.5. The molecule has 0 aliphatic carbocycles. The van der Waals surface area contributed by atoms with E-state index in [9.17, 15) is 9.59 Å². The molecule has 2 atom stereocenters. The molecular weight excluding hydrogens is 288 g/mol. The lowest BCUT2D eigenvalue weighted by Gasteiger charge is -2.23. The summed E-state index contributed by atoms with van der Waals surface area (Å²) in [5.74, 6) is -0.212. The van der Waals surface area contributed by atoms with Crippen LogP contribution in [0, 0.1) is 0 Å².